The summed E-state index contributed by atoms with van der Waals surface area (Å²) in [5.41, 5.74) is 1.76. The smallest absolute Gasteiger partial charge is 0.416 e. The molecular weight excluding hydrogens is 477 g/mol. The van der Waals surface area contributed by atoms with Crippen LogP contribution in [0.4, 0.5) is 30.2 Å². The van der Waals surface area contributed by atoms with Crippen LogP contribution in [0.15, 0.2) is 59.8 Å². The lowest BCUT2D eigenvalue weighted by atomic mass is 10.1. The first-order chi connectivity index (χ1) is 17.2. The number of alkyl halides is 3. The van der Waals surface area contributed by atoms with E-state index in [-0.39, 0.29) is 36.9 Å². The maximum Gasteiger partial charge on any atom is 0.416 e. The van der Waals surface area contributed by atoms with Gasteiger partial charge in [-0.15, -0.1) is 0 Å². The van der Waals surface area contributed by atoms with Gasteiger partial charge in [0.1, 0.15) is 5.70 Å². The summed E-state index contributed by atoms with van der Waals surface area (Å²) in [4.78, 5) is 30.3. The Balaban J connectivity index is 1.40. The van der Waals surface area contributed by atoms with Gasteiger partial charge in [0.25, 0.3) is 5.91 Å². The van der Waals surface area contributed by atoms with Crippen molar-refractivity contribution in [1.29, 1.82) is 0 Å². The van der Waals surface area contributed by atoms with Crippen LogP contribution in [0.5, 0.6) is 0 Å². The summed E-state index contributed by atoms with van der Waals surface area (Å²) in [5.74, 6) is -0.999. The molecule has 36 heavy (non-hydrogen) atoms. The summed E-state index contributed by atoms with van der Waals surface area (Å²) in [6.45, 7) is 2.37. The third kappa shape index (κ3) is 5.40. The number of nitrogens with zero attached hydrogens (tertiary/aromatic N) is 3. The van der Waals surface area contributed by atoms with Crippen LogP contribution < -0.4 is 15.1 Å². The zero-order valence-corrected chi connectivity index (χ0v) is 19.7. The second kappa shape index (κ2) is 10.5. The minimum atomic E-state index is -4.37. The maximum atomic E-state index is 13.0. The highest BCUT2D eigenvalue weighted by Gasteiger charge is 2.34. The van der Waals surface area contributed by atoms with E-state index in [1.54, 1.807) is 18.2 Å². The second-order valence-electron chi connectivity index (χ2n) is 8.49. The number of esters is 1. The van der Waals surface area contributed by atoms with Crippen molar-refractivity contribution in [1.82, 2.24) is 4.90 Å². The Bertz CT molecular complexity index is 1140. The Kier molecular flexibility index (Phi) is 7.39. The number of methoxy groups -OCH3 is 1. The predicted octanol–water partition coefficient (Wildman–Crippen LogP) is 2.71. The number of piperazine rings is 1. The molecule has 0 spiro atoms. The molecule has 0 aliphatic carbocycles. The van der Waals surface area contributed by atoms with E-state index < -0.39 is 17.7 Å². The first-order valence-electron chi connectivity index (χ1n) is 11.5. The summed E-state index contributed by atoms with van der Waals surface area (Å²) in [6, 6.07) is 12.7. The van der Waals surface area contributed by atoms with Crippen molar-refractivity contribution >= 4 is 28.9 Å². The number of halogens is 3. The molecule has 2 aliphatic heterocycles. The molecule has 2 heterocycles. The number of aliphatic hydroxyl groups excluding tert-OH is 1. The van der Waals surface area contributed by atoms with Gasteiger partial charge in [-0.05, 0) is 42.5 Å². The average Bonchev–Trinajstić information content (AvgIpc) is 3.19. The highest BCUT2D eigenvalue weighted by molar-refractivity contribution is 6.08. The summed E-state index contributed by atoms with van der Waals surface area (Å²) in [7, 11) is 1.24. The van der Waals surface area contributed by atoms with E-state index in [1.807, 2.05) is 17.0 Å². The fourth-order valence-corrected chi connectivity index (χ4v) is 4.35. The van der Waals surface area contributed by atoms with Crippen molar-refractivity contribution < 1.29 is 32.6 Å². The zero-order chi connectivity index (χ0) is 25.9. The fourth-order valence-electron chi connectivity index (χ4n) is 4.35. The van der Waals surface area contributed by atoms with Crippen molar-refractivity contribution in [2.45, 2.75) is 6.18 Å². The van der Waals surface area contributed by atoms with Crippen LogP contribution in [0.3, 0.4) is 0 Å². The summed E-state index contributed by atoms with van der Waals surface area (Å²) < 4.78 is 43.9. The van der Waals surface area contributed by atoms with E-state index in [4.69, 9.17) is 4.74 Å². The van der Waals surface area contributed by atoms with E-state index >= 15 is 0 Å². The lowest BCUT2D eigenvalue weighted by Gasteiger charge is -2.37. The summed E-state index contributed by atoms with van der Waals surface area (Å²) >= 11 is 0. The van der Waals surface area contributed by atoms with Crippen molar-refractivity contribution in [2.24, 2.45) is 0 Å². The van der Waals surface area contributed by atoms with Crippen molar-refractivity contribution in [3.63, 3.8) is 0 Å². The first-order valence-corrected chi connectivity index (χ1v) is 11.5. The highest BCUT2D eigenvalue weighted by atomic mass is 19.4. The molecule has 2 aliphatic rings. The van der Waals surface area contributed by atoms with E-state index in [9.17, 15) is 27.9 Å². The topological polar surface area (TPSA) is 85.4 Å². The number of benzene rings is 2. The number of amides is 1. The number of rotatable bonds is 7. The number of hydrogen-bond donors (Lipinski definition) is 2. The molecule has 0 unspecified atom stereocenters. The van der Waals surface area contributed by atoms with Gasteiger partial charge in [-0.25, -0.2) is 4.79 Å². The normalized spacial score (nSPS) is 16.6. The van der Waals surface area contributed by atoms with Gasteiger partial charge in [-0.3, -0.25) is 4.79 Å². The average molecular weight is 505 g/mol. The second-order valence-corrected chi connectivity index (χ2v) is 8.49. The number of nitrogens with one attached hydrogen (secondary N) is 1. The Morgan fingerprint density at radius 1 is 1.03 bits per heavy atom. The number of aliphatic hydroxyl groups is 1. The van der Waals surface area contributed by atoms with Crippen molar-refractivity contribution in [3.05, 3.63) is 65.4 Å². The third-order valence-corrected chi connectivity index (χ3v) is 6.27. The van der Waals surface area contributed by atoms with Crippen LogP contribution in [-0.2, 0) is 20.5 Å². The lowest BCUT2D eigenvalue weighted by Crippen LogP contribution is -2.46. The summed E-state index contributed by atoms with van der Waals surface area (Å²) in [5, 5.41) is 12.2. The monoisotopic (exact) mass is 504 g/mol. The minimum absolute atomic E-state index is 0.0582. The molecule has 0 radical (unpaired) electrons. The molecule has 192 valence electrons. The van der Waals surface area contributed by atoms with E-state index in [1.165, 1.54) is 24.1 Å². The molecule has 8 nitrogen and oxygen atoms in total. The van der Waals surface area contributed by atoms with Crippen LogP contribution in [0.1, 0.15) is 5.56 Å². The molecule has 11 heteroatoms. The molecular formula is C25H27F3N4O4. The van der Waals surface area contributed by atoms with Crippen LogP contribution >= 0.6 is 0 Å². The van der Waals surface area contributed by atoms with Gasteiger partial charge < -0.3 is 29.9 Å². The minimum Gasteiger partial charge on any atom is -0.466 e. The van der Waals surface area contributed by atoms with Crippen LogP contribution in [0.25, 0.3) is 0 Å². The molecule has 1 fully saturated rings. The standard InChI is InChI=1S/C25H27F3N4O4/c1-36-24(35)21-16-32(13-14-33)23(34)22(21)29-18-5-7-19(8-6-18)30-9-11-31(12-10-30)20-4-2-3-17(15-20)25(26,27)28/h2-8,15,29,33H,9-14,16H2,1H3. The Hall–Kier alpha value is -3.73. The molecule has 2 aromatic rings. The van der Waals surface area contributed by atoms with Gasteiger partial charge in [-0.2, -0.15) is 13.2 Å². The van der Waals surface area contributed by atoms with Crippen molar-refractivity contribution in [3.8, 4) is 0 Å². The van der Waals surface area contributed by atoms with E-state index in [0.717, 1.165) is 11.8 Å². The van der Waals surface area contributed by atoms with Gasteiger partial charge >= 0.3 is 12.1 Å². The SMILES string of the molecule is COC(=O)C1=C(Nc2ccc(N3CCN(c4cccc(C(F)(F)F)c4)CC3)cc2)C(=O)N(CCO)C1. The van der Waals surface area contributed by atoms with Gasteiger partial charge in [-0.1, -0.05) is 6.07 Å². The van der Waals surface area contributed by atoms with Crippen LogP contribution in [0.2, 0.25) is 0 Å². The highest BCUT2D eigenvalue weighted by Crippen LogP contribution is 2.32. The van der Waals surface area contributed by atoms with Crippen LogP contribution in [-0.4, -0.2) is 74.9 Å². The number of carbonyl (C=O) groups is 2. The lowest BCUT2D eigenvalue weighted by molar-refractivity contribution is -0.138. The molecule has 1 saturated heterocycles. The Labute approximate surface area is 206 Å². The number of hydrogen-bond acceptors (Lipinski definition) is 7. The molecule has 0 atom stereocenters. The number of carbonyl (C=O) groups excluding carboxylic acids is 2. The molecule has 4 rings (SSSR count). The predicted molar refractivity (Wildman–Crippen MR) is 129 cm³/mol. The molecule has 0 bridgehead atoms. The van der Waals surface area contributed by atoms with Crippen molar-refractivity contribution in [2.75, 3.05) is 68.1 Å². The zero-order valence-electron chi connectivity index (χ0n) is 19.7. The van der Waals surface area contributed by atoms with Gasteiger partial charge in [0, 0.05) is 49.8 Å². The maximum absolute atomic E-state index is 13.0. The number of β-amino-alcohol motifs (C(OH)–C–C–N with tert-alkyl or cyclic N) is 1. The number of ether oxygens (including phenoxy) is 1. The molecule has 0 saturated carbocycles. The number of anilines is 3. The first kappa shape index (κ1) is 25.4. The molecule has 2 N–H and O–H groups in total. The Morgan fingerprint density at radius 2 is 1.67 bits per heavy atom. The van der Waals surface area contributed by atoms with Gasteiger partial charge in [0.05, 0.1) is 31.4 Å². The molecule has 2 aromatic carbocycles. The van der Waals surface area contributed by atoms with E-state index in [0.29, 0.717) is 37.6 Å². The quantitative estimate of drug-likeness (QED) is 0.561. The van der Waals surface area contributed by atoms with Gasteiger partial charge in [0.15, 0.2) is 0 Å². The summed E-state index contributed by atoms with van der Waals surface area (Å²) in [6.07, 6.45) is -4.37. The fraction of sp³-hybridized carbons (Fsp3) is 0.360. The molecule has 1 amide bonds. The Morgan fingerprint density at radius 3 is 2.25 bits per heavy atom. The van der Waals surface area contributed by atoms with Crippen LogP contribution in [0, 0.1) is 0 Å². The third-order valence-electron chi connectivity index (χ3n) is 6.27. The molecule has 0 aromatic heterocycles. The van der Waals surface area contributed by atoms with E-state index in [2.05, 4.69) is 10.2 Å². The van der Waals surface area contributed by atoms with Gasteiger partial charge in [0.2, 0.25) is 0 Å². The largest absolute Gasteiger partial charge is 0.466 e.